The number of piperidine rings is 1. The highest BCUT2D eigenvalue weighted by Gasteiger charge is 2.32. The molecule has 1 fully saturated rings. The van der Waals surface area contributed by atoms with Crippen molar-refractivity contribution in [3.05, 3.63) is 29.6 Å². The summed E-state index contributed by atoms with van der Waals surface area (Å²) in [7, 11) is -1.84. The van der Waals surface area contributed by atoms with E-state index in [-0.39, 0.29) is 16.8 Å². The zero-order valence-corrected chi connectivity index (χ0v) is 13.4. The summed E-state index contributed by atoms with van der Waals surface area (Å²) < 4.78 is 40.9. The molecule has 2 rings (SSSR count). The van der Waals surface area contributed by atoms with Gasteiger partial charge in [-0.15, -0.1) is 0 Å². The number of rotatable bonds is 5. The van der Waals surface area contributed by atoms with Crippen LogP contribution >= 0.6 is 0 Å². The molecule has 1 N–H and O–H groups in total. The van der Waals surface area contributed by atoms with Crippen molar-refractivity contribution in [3.8, 4) is 0 Å². The van der Waals surface area contributed by atoms with E-state index in [2.05, 4.69) is 5.32 Å². The molecule has 0 bridgehead atoms. The van der Waals surface area contributed by atoms with E-state index >= 15 is 0 Å². The minimum absolute atomic E-state index is 0.0570. The lowest BCUT2D eigenvalue weighted by molar-refractivity contribution is 0.246. The van der Waals surface area contributed by atoms with Crippen LogP contribution in [0.15, 0.2) is 23.1 Å². The normalized spacial score (nSPS) is 20.6. The molecule has 1 aliphatic rings. The number of halogens is 1. The first-order chi connectivity index (χ1) is 10.0. The summed E-state index contributed by atoms with van der Waals surface area (Å²) in [5.41, 5.74) is 0.378. The standard InChI is InChI=1S/C15H23FN2O2S/c1-3-13-6-4-5-9-18(13)21(19,20)14-7-8-15(16)12(10-14)11-17-2/h7-8,10,13,17H,3-6,9,11H2,1-2H3. The predicted molar refractivity (Wildman–Crippen MR) is 81.0 cm³/mol. The zero-order valence-electron chi connectivity index (χ0n) is 12.6. The molecule has 1 heterocycles. The lowest BCUT2D eigenvalue weighted by Crippen LogP contribution is -2.43. The molecule has 0 saturated carbocycles. The molecule has 118 valence electrons. The number of hydrogen-bond donors (Lipinski definition) is 1. The Labute approximate surface area is 126 Å². The van der Waals surface area contributed by atoms with Gasteiger partial charge in [-0.05, 0) is 44.5 Å². The van der Waals surface area contributed by atoms with Gasteiger partial charge >= 0.3 is 0 Å². The van der Waals surface area contributed by atoms with Crippen LogP contribution in [0.5, 0.6) is 0 Å². The molecule has 0 aromatic heterocycles. The van der Waals surface area contributed by atoms with Crippen LogP contribution in [0.1, 0.15) is 38.2 Å². The third-order valence-corrected chi connectivity index (χ3v) is 5.98. The summed E-state index contributed by atoms with van der Waals surface area (Å²) in [6.45, 7) is 2.88. The zero-order chi connectivity index (χ0) is 15.5. The molecule has 1 atom stereocenters. The van der Waals surface area contributed by atoms with E-state index < -0.39 is 10.0 Å². The van der Waals surface area contributed by atoms with Gasteiger partial charge in [0.05, 0.1) is 4.90 Å². The summed E-state index contributed by atoms with van der Waals surface area (Å²) in [6.07, 6.45) is 3.67. The Hall–Kier alpha value is -0.980. The number of nitrogens with one attached hydrogen (secondary N) is 1. The van der Waals surface area contributed by atoms with Crippen molar-refractivity contribution in [2.45, 2.75) is 50.1 Å². The fourth-order valence-electron chi connectivity index (χ4n) is 2.87. The van der Waals surface area contributed by atoms with Crippen molar-refractivity contribution in [2.24, 2.45) is 0 Å². The highest BCUT2D eigenvalue weighted by molar-refractivity contribution is 7.89. The maximum absolute atomic E-state index is 13.7. The first kappa shape index (κ1) is 16.4. The van der Waals surface area contributed by atoms with Crippen LogP contribution in [0.2, 0.25) is 0 Å². The lowest BCUT2D eigenvalue weighted by Gasteiger charge is -2.34. The third kappa shape index (κ3) is 3.44. The largest absolute Gasteiger partial charge is 0.316 e. The molecule has 1 aromatic rings. The number of sulfonamides is 1. The van der Waals surface area contributed by atoms with Crippen LogP contribution in [0.25, 0.3) is 0 Å². The van der Waals surface area contributed by atoms with Crippen LogP contribution in [0.4, 0.5) is 4.39 Å². The first-order valence-electron chi connectivity index (χ1n) is 7.45. The quantitative estimate of drug-likeness (QED) is 0.908. The maximum Gasteiger partial charge on any atom is 0.243 e. The van der Waals surface area contributed by atoms with Gasteiger partial charge in [-0.3, -0.25) is 0 Å². The second-order valence-electron chi connectivity index (χ2n) is 5.46. The number of hydrogen-bond acceptors (Lipinski definition) is 3. The average Bonchev–Trinajstić information content (AvgIpc) is 2.49. The molecule has 0 radical (unpaired) electrons. The van der Waals surface area contributed by atoms with Crippen molar-refractivity contribution < 1.29 is 12.8 Å². The molecule has 1 aromatic carbocycles. The van der Waals surface area contributed by atoms with Gasteiger partial charge in [-0.2, -0.15) is 4.31 Å². The molecule has 1 saturated heterocycles. The van der Waals surface area contributed by atoms with Crippen molar-refractivity contribution in [3.63, 3.8) is 0 Å². The molecule has 4 nitrogen and oxygen atoms in total. The van der Waals surface area contributed by atoms with Gasteiger partial charge in [-0.25, -0.2) is 12.8 Å². The van der Waals surface area contributed by atoms with Crippen molar-refractivity contribution in [1.82, 2.24) is 9.62 Å². The Morgan fingerprint density at radius 3 is 2.81 bits per heavy atom. The maximum atomic E-state index is 13.7. The van der Waals surface area contributed by atoms with E-state index in [1.807, 2.05) is 6.92 Å². The smallest absolute Gasteiger partial charge is 0.243 e. The monoisotopic (exact) mass is 314 g/mol. The van der Waals surface area contributed by atoms with Gasteiger partial charge in [0.25, 0.3) is 0 Å². The van der Waals surface area contributed by atoms with E-state index in [1.54, 1.807) is 11.4 Å². The van der Waals surface area contributed by atoms with Crippen LogP contribution in [-0.4, -0.2) is 32.4 Å². The van der Waals surface area contributed by atoms with Crippen molar-refractivity contribution in [2.75, 3.05) is 13.6 Å². The summed E-state index contributed by atoms with van der Waals surface area (Å²) >= 11 is 0. The van der Waals surface area contributed by atoms with E-state index in [4.69, 9.17) is 0 Å². The number of benzene rings is 1. The molecule has 6 heteroatoms. The highest BCUT2D eigenvalue weighted by Crippen LogP contribution is 2.27. The highest BCUT2D eigenvalue weighted by atomic mass is 32.2. The van der Waals surface area contributed by atoms with Gasteiger partial charge in [-0.1, -0.05) is 13.3 Å². The Morgan fingerprint density at radius 1 is 1.38 bits per heavy atom. The molecular weight excluding hydrogens is 291 g/mol. The fraction of sp³-hybridized carbons (Fsp3) is 0.600. The number of nitrogens with zero attached hydrogens (tertiary/aromatic N) is 1. The Balaban J connectivity index is 2.36. The third-order valence-electron chi connectivity index (χ3n) is 4.04. The molecule has 1 aliphatic heterocycles. The Bertz CT molecular complexity index is 589. The average molecular weight is 314 g/mol. The van der Waals surface area contributed by atoms with Crippen LogP contribution in [-0.2, 0) is 16.6 Å². The molecular formula is C15H23FN2O2S. The van der Waals surface area contributed by atoms with E-state index in [0.717, 1.165) is 25.7 Å². The van der Waals surface area contributed by atoms with E-state index in [1.165, 1.54) is 18.2 Å². The fourth-order valence-corrected chi connectivity index (χ4v) is 4.69. The topological polar surface area (TPSA) is 49.4 Å². The summed E-state index contributed by atoms with van der Waals surface area (Å²) in [5, 5.41) is 2.85. The second kappa shape index (κ2) is 6.85. The first-order valence-corrected chi connectivity index (χ1v) is 8.89. The Morgan fingerprint density at radius 2 is 2.14 bits per heavy atom. The molecule has 0 spiro atoms. The van der Waals surface area contributed by atoms with Gasteiger partial charge in [0.2, 0.25) is 10.0 Å². The summed E-state index contributed by atoms with van der Waals surface area (Å²) in [4.78, 5) is 0.189. The molecule has 21 heavy (non-hydrogen) atoms. The molecule has 0 amide bonds. The SMILES string of the molecule is CCC1CCCCN1S(=O)(=O)c1ccc(F)c(CNC)c1. The second-order valence-corrected chi connectivity index (χ2v) is 7.35. The van der Waals surface area contributed by atoms with E-state index in [0.29, 0.717) is 18.7 Å². The predicted octanol–water partition coefficient (Wildman–Crippen LogP) is 2.50. The van der Waals surface area contributed by atoms with Gasteiger partial charge in [0.15, 0.2) is 0 Å². The molecule has 0 aliphatic carbocycles. The van der Waals surface area contributed by atoms with Crippen LogP contribution < -0.4 is 5.32 Å². The van der Waals surface area contributed by atoms with Gasteiger partial charge < -0.3 is 5.32 Å². The minimum Gasteiger partial charge on any atom is -0.316 e. The minimum atomic E-state index is -3.54. The van der Waals surface area contributed by atoms with Crippen LogP contribution in [0, 0.1) is 5.82 Å². The lowest BCUT2D eigenvalue weighted by atomic mass is 10.0. The van der Waals surface area contributed by atoms with Gasteiger partial charge in [0.1, 0.15) is 5.82 Å². The molecule has 1 unspecified atom stereocenters. The van der Waals surface area contributed by atoms with Gasteiger partial charge in [0, 0.05) is 24.7 Å². The van der Waals surface area contributed by atoms with E-state index in [9.17, 15) is 12.8 Å². The Kier molecular flexibility index (Phi) is 5.35. The van der Waals surface area contributed by atoms with Crippen molar-refractivity contribution >= 4 is 10.0 Å². The summed E-state index contributed by atoms with van der Waals surface area (Å²) in [5.74, 6) is -0.381. The van der Waals surface area contributed by atoms with Crippen molar-refractivity contribution in [1.29, 1.82) is 0 Å². The summed E-state index contributed by atoms with van der Waals surface area (Å²) in [6, 6.07) is 4.11. The van der Waals surface area contributed by atoms with Crippen LogP contribution in [0.3, 0.4) is 0 Å².